The molecule has 2 N–H and O–H groups in total. The maximum atomic E-state index is 11.6. The third-order valence-electron chi connectivity index (χ3n) is 2.55. The first-order chi connectivity index (χ1) is 8.41. The van der Waals surface area contributed by atoms with Crippen LogP contribution in [0.3, 0.4) is 0 Å². The van der Waals surface area contributed by atoms with E-state index in [0.717, 1.165) is 19.3 Å². The zero-order chi connectivity index (χ0) is 14.0. The first-order valence-corrected chi connectivity index (χ1v) is 8.44. The van der Waals surface area contributed by atoms with Crippen LogP contribution in [-0.2, 0) is 14.6 Å². The Morgan fingerprint density at radius 2 is 1.83 bits per heavy atom. The topological polar surface area (TPSA) is 75.3 Å². The highest BCUT2D eigenvalue weighted by molar-refractivity contribution is 7.92. The van der Waals surface area contributed by atoms with Gasteiger partial charge in [-0.1, -0.05) is 20.3 Å². The summed E-state index contributed by atoms with van der Waals surface area (Å²) in [7, 11) is -3.30. The molecular weight excluding hydrogens is 252 g/mol. The molecule has 0 heterocycles. The number of hydrogen-bond acceptors (Lipinski definition) is 4. The summed E-state index contributed by atoms with van der Waals surface area (Å²) in [6.07, 6.45) is 2.90. The van der Waals surface area contributed by atoms with E-state index >= 15 is 0 Å². The van der Waals surface area contributed by atoms with Gasteiger partial charge in [0.05, 0.1) is 5.75 Å². The lowest BCUT2D eigenvalue weighted by Gasteiger charge is -2.12. The predicted octanol–water partition coefficient (Wildman–Crippen LogP) is 0.706. The standard InChI is InChI=1S/C12H26N2O3S/c1-4-6-11(3)13-8-9-18(16,17)10-12(15)14-7-5-2/h11,13H,4-10H2,1-3H3,(H,14,15). The van der Waals surface area contributed by atoms with E-state index in [0.29, 0.717) is 19.1 Å². The Labute approximate surface area is 111 Å². The van der Waals surface area contributed by atoms with Crippen molar-refractivity contribution in [1.29, 1.82) is 0 Å². The van der Waals surface area contributed by atoms with Crippen LogP contribution in [0, 0.1) is 0 Å². The van der Waals surface area contributed by atoms with E-state index < -0.39 is 21.5 Å². The van der Waals surface area contributed by atoms with Gasteiger partial charge in [0.2, 0.25) is 5.91 Å². The number of carbonyl (C=O) groups excluding carboxylic acids is 1. The van der Waals surface area contributed by atoms with Crippen LogP contribution in [-0.4, -0.2) is 45.0 Å². The van der Waals surface area contributed by atoms with Crippen molar-refractivity contribution in [3.63, 3.8) is 0 Å². The maximum Gasteiger partial charge on any atom is 0.235 e. The van der Waals surface area contributed by atoms with Crippen molar-refractivity contribution in [2.75, 3.05) is 24.6 Å². The summed E-state index contributed by atoms with van der Waals surface area (Å²) in [6, 6.07) is 0.319. The number of sulfone groups is 1. The fourth-order valence-electron chi connectivity index (χ4n) is 1.58. The molecular formula is C12H26N2O3S. The normalized spacial score (nSPS) is 13.3. The molecule has 0 saturated carbocycles. The fourth-order valence-corrected chi connectivity index (χ4v) is 2.66. The highest BCUT2D eigenvalue weighted by atomic mass is 32.2. The number of hydrogen-bond donors (Lipinski definition) is 2. The zero-order valence-corrected chi connectivity index (χ0v) is 12.5. The molecule has 0 radical (unpaired) electrons. The van der Waals surface area contributed by atoms with Gasteiger partial charge in [-0.3, -0.25) is 4.79 Å². The molecule has 0 aromatic rings. The minimum absolute atomic E-state index is 0.0145. The van der Waals surface area contributed by atoms with Crippen LogP contribution >= 0.6 is 0 Å². The molecule has 0 saturated heterocycles. The molecule has 1 amide bonds. The molecule has 0 aliphatic carbocycles. The van der Waals surface area contributed by atoms with Crippen LogP contribution in [0.25, 0.3) is 0 Å². The number of rotatable bonds is 10. The van der Waals surface area contributed by atoms with Crippen molar-refractivity contribution in [1.82, 2.24) is 10.6 Å². The molecule has 0 aliphatic heterocycles. The van der Waals surface area contributed by atoms with Crippen molar-refractivity contribution in [2.24, 2.45) is 0 Å². The van der Waals surface area contributed by atoms with Gasteiger partial charge < -0.3 is 10.6 Å². The van der Waals surface area contributed by atoms with Gasteiger partial charge in [0.25, 0.3) is 0 Å². The molecule has 6 heteroatoms. The molecule has 0 spiro atoms. The largest absolute Gasteiger partial charge is 0.355 e. The van der Waals surface area contributed by atoms with Crippen LogP contribution in [0.5, 0.6) is 0 Å². The average molecular weight is 278 g/mol. The highest BCUT2D eigenvalue weighted by Crippen LogP contribution is 1.95. The lowest BCUT2D eigenvalue weighted by atomic mass is 10.2. The van der Waals surface area contributed by atoms with Gasteiger partial charge in [-0.25, -0.2) is 8.42 Å². The van der Waals surface area contributed by atoms with E-state index in [2.05, 4.69) is 17.6 Å². The molecule has 0 fully saturated rings. The molecule has 0 bridgehead atoms. The minimum atomic E-state index is -3.30. The molecule has 1 unspecified atom stereocenters. The predicted molar refractivity (Wildman–Crippen MR) is 74.3 cm³/mol. The maximum absolute atomic E-state index is 11.6. The summed E-state index contributed by atoms with van der Waals surface area (Å²) in [5, 5.41) is 5.71. The number of nitrogens with one attached hydrogen (secondary N) is 2. The van der Waals surface area contributed by atoms with Crippen molar-refractivity contribution >= 4 is 15.7 Å². The highest BCUT2D eigenvalue weighted by Gasteiger charge is 2.16. The van der Waals surface area contributed by atoms with Gasteiger partial charge in [-0.2, -0.15) is 0 Å². The average Bonchev–Trinajstić information content (AvgIpc) is 2.25. The molecule has 0 aromatic carbocycles. The summed E-state index contributed by atoms with van der Waals surface area (Å²) < 4.78 is 23.3. The summed E-state index contributed by atoms with van der Waals surface area (Å²) >= 11 is 0. The number of carbonyl (C=O) groups is 1. The third kappa shape index (κ3) is 9.41. The number of amides is 1. The first-order valence-electron chi connectivity index (χ1n) is 6.61. The van der Waals surface area contributed by atoms with Crippen molar-refractivity contribution < 1.29 is 13.2 Å². The quantitative estimate of drug-likeness (QED) is 0.617. The van der Waals surface area contributed by atoms with Gasteiger partial charge in [0, 0.05) is 19.1 Å². The summed E-state index contributed by atoms with van der Waals surface area (Å²) in [6.45, 7) is 6.98. The molecule has 0 rings (SSSR count). The molecule has 1 atom stereocenters. The molecule has 0 aromatic heterocycles. The van der Waals surface area contributed by atoms with Gasteiger partial charge >= 0.3 is 0 Å². The van der Waals surface area contributed by atoms with Crippen LogP contribution in [0.4, 0.5) is 0 Å². The third-order valence-corrected chi connectivity index (χ3v) is 4.08. The van der Waals surface area contributed by atoms with E-state index in [-0.39, 0.29) is 5.75 Å². The Morgan fingerprint density at radius 1 is 1.17 bits per heavy atom. The lowest BCUT2D eigenvalue weighted by molar-refractivity contribution is -0.118. The van der Waals surface area contributed by atoms with Crippen molar-refractivity contribution in [2.45, 2.75) is 46.1 Å². The Bertz CT molecular complexity index is 328. The Kier molecular flexibility index (Phi) is 9.01. The fraction of sp³-hybridized carbons (Fsp3) is 0.917. The summed E-state index contributed by atoms with van der Waals surface area (Å²) in [5.74, 6) is -0.796. The first kappa shape index (κ1) is 17.4. The molecule has 0 aliphatic rings. The SMILES string of the molecule is CCCNC(=O)CS(=O)(=O)CCNC(C)CCC. The summed E-state index contributed by atoms with van der Waals surface area (Å²) in [5.41, 5.74) is 0. The van der Waals surface area contributed by atoms with Crippen molar-refractivity contribution in [3.8, 4) is 0 Å². The smallest absolute Gasteiger partial charge is 0.235 e. The van der Waals surface area contributed by atoms with Crippen LogP contribution in [0.1, 0.15) is 40.0 Å². The second-order valence-electron chi connectivity index (χ2n) is 4.59. The van der Waals surface area contributed by atoms with E-state index in [1.807, 2.05) is 13.8 Å². The van der Waals surface area contributed by atoms with Crippen molar-refractivity contribution in [3.05, 3.63) is 0 Å². The molecule has 108 valence electrons. The zero-order valence-electron chi connectivity index (χ0n) is 11.7. The Morgan fingerprint density at radius 3 is 2.39 bits per heavy atom. The van der Waals surface area contributed by atoms with Crippen LogP contribution in [0.2, 0.25) is 0 Å². The Balaban J connectivity index is 3.90. The van der Waals surface area contributed by atoms with E-state index in [1.54, 1.807) is 0 Å². The second-order valence-corrected chi connectivity index (χ2v) is 6.77. The van der Waals surface area contributed by atoms with Gasteiger partial charge in [-0.15, -0.1) is 0 Å². The minimum Gasteiger partial charge on any atom is -0.355 e. The van der Waals surface area contributed by atoms with Gasteiger partial charge in [-0.05, 0) is 19.8 Å². The summed E-state index contributed by atoms with van der Waals surface area (Å²) in [4.78, 5) is 11.3. The Hall–Kier alpha value is -0.620. The van der Waals surface area contributed by atoms with Crippen LogP contribution < -0.4 is 10.6 Å². The van der Waals surface area contributed by atoms with Crippen LogP contribution in [0.15, 0.2) is 0 Å². The molecule has 5 nitrogen and oxygen atoms in total. The van der Waals surface area contributed by atoms with E-state index in [1.165, 1.54) is 0 Å². The van der Waals surface area contributed by atoms with Gasteiger partial charge in [0.15, 0.2) is 9.84 Å². The lowest BCUT2D eigenvalue weighted by Crippen LogP contribution is -2.35. The monoisotopic (exact) mass is 278 g/mol. The van der Waals surface area contributed by atoms with E-state index in [9.17, 15) is 13.2 Å². The second kappa shape index (κ2) is 9.33. The molecule has 18 heavy (non-hydrogen) atoms. The van der Waals surface area contributed by atoms with Gasteiger partial charge in [0.1, 0.15) is 5.75 Å². The van der Waals surface area contributed by atoms with E-state index in [4.69, 9.17) is 0 Å².